The van der Waals surface area contributed by atoms with Crippen molar-refractivity contribution in [3.05, 3.63) is 71.4 Å². The van der Waals surface area contributed by atoms with Gasteiger partial charge in [0.15, 0.2) is 0 Å². The lowest BCUT2D eigenvalue weighted by Crippen LogP contribution is -2.50. The molecule has 1 aliphatic heterocycles. The van der Waals surface area contributed by atoms with Gasteiger partial charge in [-0.2, -0.15) is 4.31 Å². The quantitative estimate of drug-likeness (QED) is 0.627. The van der Waals surface area contributed by atoms with Gasteiger partial charge in [0, 0.05) is 48.7 Å². The van der Waals surface area contributed by atoms with E-state index < -0.39 is 10.0 Å². The number of amides is 1. The summed E-state index contributed by atoms with van der Waals surface area (Å²) in [4.78, 5) is 15.0. The van der Waals surface area contributed by atoms with Gasteiger partial charge in [-0.15, -0.1) is 11.8 Å². The normalized spacial score (nSPS) is 15.7. The van der Waals surface area contributed by atoms with Crippen molar-refractivity contribution in [1.82, 2.24) is 9.21 Å². The number of hydrogen-bond donors (Lipinski definition) is 0. The van der Waals surface area contributed by atoms with Gasteiger partial charge in [-0.05, 0) is 35.9 Å². The van der Waals surface area contributed by atoms with Crippen LogP contribution in [0.1, 0.15) is 12.0 Å². The molecule has 3 rings (SSSR count). The molecule has 154 valence electrons. The highest BCUT2D eigenvalue weighted by Gasteiger charge is 2.27. The Labute approximate surface area is 175 Å². The van der Waals surface area contributed by atoms with E-state index in [0.29, 0.717) is 25.3 Å². The van der Waals surface area contributed by atoms with Crippen LogP contribution in [0.25, 0.3) is 6.08 Å². The summed E-state index contributed by atoms with van der Waals surface area (Å²) in [7, 11) is -3.51. The number of thioether (sulfide) groups is 1. The molecular formula is C21H23FN2O3S2. The van der Waals surface area contributed by atoms with Gasteiger partial charge < -0.3 is 4.90 Å². The molecule has 0 radical (unpaired) electrons. The molecule has 0 atom stereocenters. The minimum absolute atomic E-state index is 0.0106. The van der Waals surface area contributed by atoms with Crippen LogP contribution in [0.15, 0.2) is 64.9 Å². The average molecular weight is 435 g/mol. The number of hydrogen-bond acceptors (Lipinski definition) is 4. The summed E-state index contributed by atoms with van der Waals surface area (Å²) >= 11 is 1.50. The molecular weight excluding hydrogens is 411 g/mol. The largest absolute Gasteiger partial charge is 0.340 e. The molecule has 29 heavy (non-hydrogen) atoms. The number of halogens is 1. The lowest BCUT2D eigenvalue weighted by molar-refractivity contribution is -0.131. The molecule has 2 aromatic carbocycles. The van der Waals surface area contributed by atoms with Crippen molar-refractivity contribution in [1.29, 1.82) is 0 Å². The zero-order valence-corrected chi connectivity index (χ0v) is 17.5. The van der Waals surface area contributed by atoms with Crippen molar-refractivity contribution in [3.63, 3.8) is 0 Å². The molecule has 1 saturated heterocycles. The van der Waals surface area contributed by atoms with Gasteiger partial charge in [0.25, 0.3) is 0 Å². The molecule has 0 saturated carbocycles. The second kappa shape index (κ2) is 10.0. The Morgan fingerprint density at radius 3 is 2.31 bits per heavy atom. The Kier molecular flexibility index (Phi) is 7.46. The van der Waals surface area contributed by atoms with E-state index in [9.17, 15) is 17.6 Å². The molecule has 1 fully saturated rings. The van der Waals surface area contributed by atoms with Crippen LogP contribution in [0.2, 0.25) is 0 Å². The third-order valence-corrected chi connectivity index (χ3v) is 7.16. The van der Waals surface area contributed by atoms with Crippen LogP contribution >= 0.6 is 11.8 Å². The average Bonchev–Trinajstić information content (AvgIpc) is 2.74. The topological polar surface area (TPSA) is 57.7 Å². The van der Waals surface area contributed by atoms with Crippen LogP contribution in [-0.4, -0.2) is 55.5 Å². The summed E-state index contributed by atoms with van der Waals surface area (Å²) in [6.45, 7) is 1.35. The molecule has 0 N–H and O–H groups in total. The van der Waals surface area contributed by atoms with E-state index in [4.69, 9.17) is 0 Å². The fourth-order valence-corrected chi connectivity index (χ4v) is 4.97. The second-order valence-corrected chi connectivity index (χ2v) is 9.58. The number of nitrogens with zero attached hydrogens (tertiary/aromatic N) is 2. The third kappa shape index (κ3) is 6.42. The van der Waals surface area contributed by atoms with E-state index >= 15 is 0 Å². The summed E-state index contributed by atoms with van der Waals surface area (Å²) in [6.07, 6.45) is 1.95. The minimum Gasteiger partial charge on any atom is -0.340 e. The lowest BCUT2D eigenvalue weighted by Gasteiger charge is -2.33. The Balaban J connectivity index is 1.44. The fraction of sp³-hybridized carbons (Fsp3) is 0.286. The van der Waals surface area contributed by atoms with Crippen molar-refractivity contribution in [2.24, 2.45) is 0 Å². The third-order valence-electron chi connectivity index (χ3n) is 4.58. The molecule has 1 amide bonds. The standard InChI is InChI=1S/C21H23FN2O3S2/c22-19-6-8-20(9-7-19)28-16-10-21(25)23-12-14-24(15-13-23)29(26,27)17-11-18-4-2-1-3-5-18/h1-9,11,17H,10,12-16H2/b17-11+. The maximum atomic E-state index is 12.9. The summed E-state index contributed by atoms with van der Waals surface area (Å²) in [5.41, 5.74) is 0.823. The van der Waals surface area contributed by atoms with Crippen LogP contribution < -0.4 is 0 Å². The van der Waals surface area contributed by atoms with Gasteiger partial charge in [-0.3, -0.25) is 4.79 Å². The van der Waals surface area contributed by atoms with Crippen molar-refractivity contribution >= 4 is 33.8 Å². The van der Waals surface area contributed by atoms with E-state index in [0.717, 1.165) is 10.5 Å². The van der Waals surface area contributed by atoms with E-state index in [1.807, 2.05) is 30.3 Å². The first-order valence-corrected chi connectivity index (χ1v) is 11.8. The van der Waals surface area contributed by atoms with Gasteiger partial charge in [-0.1, -0.05) is 30.3 Å². The maximum absolute atomic E-state index is 12.9. The molecule has 8 heteroatoms. The Bertz CT molecular complexity index is 940. The smallest absolute Gasteiger partial charge is 0.236 e. The van der Waals surface area contributed by atoms with E-state index in [-0.39, 0.29) is 24.8 Å². The molecule has 2 aromatic rings. The number of piperazine rings is 1. The first-order chi connectivity index (χ1) is 13.9. The monoisotopic (exact) mass is 434 g/mol. The summed E-state index contributed by atoms with van der Waals surface area (Å²) in [5.74, 6) is 0.330. The Morgan fingerprint density at radius 2 is 1.66 bits per heavy atom. The predicted molar refractivity (Wildman–Crippen MR) is 114 cm³/mol. The Hall–Kier alpha value is -2.16. The Morgan fingerprint density at radius 1 is 1.00 bits per heavy atom. The van der Waals surface area contributed by atoms with E-state index in [1.165, 1.54) is 33.6 Å². The van der Waals surface area contributed by atoms with Crippen molar-refractivity contribution in [3.8, 4) is 0 Å². The number of benzene rings is 2. The van der Waals surface area contributed by atoms with Gasteiger partial charge in [-0.25, -0.2) is 12.8 Å². The summed E-state index contributed by atoms with van der Waals surface area (Å²) in [5, 5.41) is 1.22. The zero-order valence-electron chi connectivity index (χ0n) is 15.9. The molecule has 1 heterocycles. The SMILES string of the molecule is O=C(CCSc1ccc(F)cc1)N1CCN(S(=O)(=O)/C=C/c2ccccc2)CC1. The molecule has 5 nitrogen and oxygen atoms in total. The molecule has 0 aliphatic carbocycles. The van der Waals surface area contributed by atoms with Crippen molar-refractivity contribution in [2.45, 2.75) is 11.3 Å². The summed E-state index contributed by atoms with van der Waals surface area (Å²) < 4.78 is 39.3. The zero-order chi connectivity index (χ0) is 20.7. The van der Waals surface area contributed by atoms with E-state index in [1.54, 1.807) is 23.1 Å². The molecule has 1 aliphatic rings. The highest BCUT2D eigenvalue weighted by Crippen LogP contribution is 2.20. The molecule has 0 bridgehead atoms. The number of carbonyl (C=O) groups excluding carboxylic acids is 1. The maximum Gasteiger partial charge on any atom is 0.236 e. The van der Waals surface area contributed by atoms with Crippen LogP contribution in [0.3, 0.4) is 0 Å². The molecule has 0 spiro atoms. The van der Waals surface area contributed by atoms with E-state index in [2.05, 4.69) is 0 Å². The first-order valence-electron chi connectivity index (χ1n) is 9.33. The van der Waals surface area contributed by atoms with Crippen LogP contribution in [-0.2, 0) is 14.8 Å². The van der Waals surface area contributed by atoms with Crippen LogP contribution in [0.4, 0.5) is 4.39 Å². The van der Waals surface area contributed by atoms with Gasteiger partial charge in [0.1, 0.15) is 5.82 Å². The first kappa shape index (κ1) is 21.5. The van der Waals surface area contributed by atoms with Crippen molar-refractivity contribution in [2.75, 3.05) is 31.9 Å². The fourth-order valence-electron chi connectivity index (χ4n) is 2.95. The molecule has 0 unspecified atom stereocenters. The van der Waals surface area contributed by atoms with Crippen molar-refractivity contribution < 1.29 is 17.6 Å². The summed E-state index contributed by atoms with van der Waals surface area (Å²) in [6, 6.07) is 15.4. The van der Waals surface area contributed by atoms with Gasteiger partial charge >= 0.3 is 0 Å². The van der Waals surface area contributed by atoms with Gasteiger partial charge in [0.2, 0.25) is 15.9 Å². The number of sulfonamides is 1. The minimum atomic E-state index is -3.51. The second-order valence-electron chi connectivity index (χ2n) is 6.59. The highest BCUT2D eigenvalue weighted by atomic mass is 32.2. The predicted octanol–water partition coefficient (Wildman–Crippen LogP) is 3.45. The molecule has 0 aromatic heterocycles. The lowest BCUT2D eigenvalue weighted by atomic mass is 10.2. The van der Waals surface area contributed by atoms with Gasteiger partial charge in [0.05, 0.1) is 0 Å². The number of carbonyl (C=O) groups is 1. The highest BCUT2D eigenvalue weighted by molar-refractivity contribution is 7.99. The van der Waals surface area contributed by atoms with Crippen LogP contribution in [0, 0.1) is 5.82 Å². The number of rotatable bonds is 7. The van der Waals surface area contributed by atoms with Crippen LogP contribution in [0.5, 0.6) is 0 Å².